The summed E-state index contributed by atoms with van der Waals surface area (Å²) in [6.45, 7) is -0.983. The number of nitrogens with one attached hydrogen (secondary N) is 1. The second-order valence-electron chi connectivity index (χ2n) is 4.02. The Balaban J connectivity index is 1.98. The highest BCUT2D eigenvalue weighted by Gasteiger charge is 2.39. The summed E-state index contributed by atoms with van der Waals surface area (Å²) < 4.78 is 50.0. The molecule has 0 unspecified atom stereocenters. The maximum Gasteiger partial charge on any atom is 0.319 e. The van der Waals surface area contributed by atoms with Gasteiger partial charge in [0.15, 0.2) is 5.13 Å². The number of nitrogen functional groups attached to an aromatic ring is 1. The smallest absolute Gasteiger partial charge is 0.319 e. The maximum atomic E-state index is 12.7. The fraction of sp³-hybridized carbons (Fsp3) is 0.364. The number of nitrogens with two attached hydrogens (primary N) is 1. The van der Waals surface area contributed by atoms with Gasteiger partial charge in [-0.25, -0.2) is 13.8 Å². The Morgan fingerprint density at radius 1 is 1.37 bits per heavy atom. The van der Waals surface area contributed by atoms with Gasteiger partial charge in [-0.3, -0.25) is 0 Å². The van der Waals surface area contributed by atoms with Crippen molar-refractivity contribution in [3.63, 3.8) is 0 Å². The van der Waals surface area contributed by atoms with E-state index in [2.05, 4.69) is 10.3 Å². The molecular formula is C11H11F4N3S. The number of anilines is 1. The number of benzene rings is 1. The molecule has 0 saturated heterocycles. The van der Waals surface area contributed by atoms with Crippen molar-refractivity contribution in [3.8, 4) is 0 Å². The van der Waals surface area contributed by atoms with Gasteiger partial charge in [-0.1, -0.05) is 17.4 Å². The molecule has 0 aliphatic heterocycles. The van der Waals surface area contributed by atoms with E-state index in [1.54, 1.807) is 18.2 Å². The molecule has 1 heterocycles. The molecule has 0 aliphatic carbocycles. The molecule has 0 amide bonds. The van der Waals surface area contributed by atoms with Crippen molar-refractivity contribution in [2.24, 2.45) is 0 Å². The predicted octanol–water partition coefficient (Wildman–Crippen LogP) is 2.87. The lowest BCUT2D eigenvalue weighted by Gasteiger charge is -2.15. The van der Waals surface area contributed by atoms with Crippen molar-refractivity contribution in [3.05, 3.63) is 23.8 Å². The van der Waals surface area contributed by atoms with Crippen LogP contribution in [0.1, 0.15) is 5.56 Å². The summed E-state index contributed by atoms with van der Waals surface area (Å²) in [6, 6.07) is 5.15. The zero-order valence-electron chi connectivity index (χ0n) is 9.67. The zero-order valence-corrected chi connectivity index (χ0v) is 10.5. The number of hydrogen-bond acceptors (Lipinski definition) is 4. The lowest BCUT2D eigenvalue weighted by molar-refractivity contribution is -0.125. The second kappa shape index (κ2) is 5.30. The van der Waals surface area contributed by atoms with Gasteiger partial charge in [-0.2, -0.15) is 8.78 Å². The standard InChI is InChI=1S/C11H11F4N3S/c12-9(13)11(14,15)5-17-4-6-1-2-7-8(3-6)19-10(16)18-7/h1-3,9,17H,4-5H2,(H2,16,18). The van der Waals surface area contributed by atoms with Crippen LogP contribution in [0.3, 0.4) is 0 Å². The van der Waals surface area contributed by atoms with E-state index >= 15 is 0 Å². The largest absolute Gasteiger partial charge is 0.375 e. The number of alkyl halides is 4. The van der Waals surface area contributed by atoms with Gasteiger partial charge in [-0.15, -0.1) is 0 Å². The number of hydrogen-bond donors (Lipinski definition) is 2. The van der Waals surface area contributed by atoms with Crippen molar-refractivity contribution >= 4 is 26.7 Å². The van der Waals surface area contributed by atoms with E-state index in [9.17, 15) is 17.6 Å². The van der Waals surface area contributed by atoms with Crippen LogP contribution >= 0.6 is 11.3 Å². The van der Waals surface area contributed by atoms with Gasteiger partial charge >= 0.3 is 12.3 Å². The van der Waals surface area contributed by atoms with Crippen LogP contribution in [0.15, 0.2) is 18.2 Å². The van der Waals surface area contributed by atoms with Crippen LogP contribution in [0.4, 0.5) is 22.7 Å². The van der Waals surface area contributed by atoms with E-state index in [0.717, 1.165) is 10.2 Å². The molecule has 0 radical (unpaired) electrons. The Kier molecular flexibility index (Phi) is 3.91. The first-order valence-corrected chi connectivity index (χ1v) is 6.22. The van der Waals surface area contributed by atoms with Gasteiger partial charge in [-0.05, 0) is 17.7 Å². The minimum absolute atomic E-state index is 0.0794. The Morgan fingerprint density at radius 2 is 2.11 bits per heavy atom. The third-order valence-electron chi connectivity index (χ3n) is 2.48. The van der Waals surface area contributed by atoms with Gasteiger partial charge < -0.3 is 11.1 Å². The van der Waals surface area contributed by atoms with Crippen molar-refractivity contribution in [1.82, 2.24) is 10.3 Å². The van der Waals surface area contributed by atoms with E-state index < -0.39 is 18.9 Å². The second-order valence-corrected chi connectivity index (χ2v) is 5.08. The maximum absolute atomic E-state index is 12.7. The first-order chi connectivity index (χ1) is 8.88. The summed E-state index contributed by atoms with van der Waals surface area (Å²) in [6.07, 6.45) is -3.66. The van der Waals surface area contributed by atoms with Crippen LogP contribution in [0.25, 0.3) is 10.2 Å². The normalized spacial score (nSPS) is 12.5. The molecule has 3 N–H and O–H groups in total. The van der Waals surface area contributed by atoms with E-state index in [1.807, 2.05) is 0 Å². The molecule has 0 aliphatic rings. The molecule has 8 heteroatoms. The molecule has 2 rings (SSSR count). The molecule has 1 aromatic heterocycles. The molecule has 0 saturated carbocycles. The van der Waals surface area contributed by atoms with Gasteiger partial charge in [0.05, 0.1) is 16.8 Å². The number of rotatable bonds is 5. The molecule has 104 valence electrons. The summed E-state index contributed by atoms with van der Waals surface area (Å²) in [5.74, 6) is -4.01. The van der Waals surface area contributed by atoms with E-state index in [1.165, 1.54) is 11.3 Å². The number of thiazole rings is 1. The molecule has 0 fully saturated rings. The Morgan fingerprint density at radius 3 is 2.79 bits per heavy atom. The van der Waals surface area contributed by atoms with Gasteiger partial charge in [0.1, 0.15) is 0 Å². The fourth-order valence-electron chi connectivity index (χ4n) is 1.55. The molecule has 0 spiro atoms. The summed E-state index contributed by atoms with van der Waals surface area (Å²) in [7, 11) is 0. The zero-order chi connectivity index (χ0) is 14.0. The van der Waals surface area contributed by atoms with Crippen LogP contribution in [-0.2, 0) is 6.54 Å². The summed E-state index contributed by atoms with van der Waals surface area (Å²) in [5, 5.41) is 2.74. The molecule has 2 aromatic rings. The van der Waals surface area contributed by atoms with Gasteiger partial charge in [0, 0.05) is 6.54 Å². The molecule has 0 atom stereocenters. The van der Waals surface area contributed by atoms with E-state index in [0.29, 0.717) is 10.7 Å². The average Bonchev–Trinajstić information content (AvgIpc) is 2.68. The Bertz CT molecular complexity index is 570. The first kappa shape index (κ1) is 14.0. The summed E-state index contributed by atoms with van der Waals surface area (Å²) in [4.78, 5) is 4.05. The van der Waals surface area contributed by atoms with Crippen LogP contribution in [0.5, 0.6) is 0 Å². The lowest BCUT2D eigenvalue weighted by atomic mass is 10.2. The van der Waals surface area contributed by atoms with Crippen molar-refractivity contribution < 1.29 is 17.6 Å². The molecule has 3 nitrogen and oxygen atoms in total. The molecule has 1 aromatic carbocycles. The topological polar surface area (TPSA) is 50.9 Å². The third kappa shape index (κ3) is 3.32. The quantitative estimate of drug-likeness (QED) is 0.833. The number of fused-ring (bicyclic) bond motifs is 1. The van der Waals surface area contributed by atoms with E-state index in [-0.39, 0.29) is 6.54 Å². The SMILES string of the molecule is Nc1nc2ccc(CNCC(F)(F)C(F)F)cc2s1. The molecule has 0 bridgehead atoms. The van der Waals surface area contributed by atoms with Crippen molar-refractivity contribution in [2.45, 2.75) is 18.9 Å². The van der Waals surface area contributed by atoms with Crippen LogP contribution in [-0.4, -0.2) is 23.9 Å². The van der Waals surface area contributed by atoms with E-state index in [4.69, 9.17) is 5.73 Å². The first-order valence-electron chi connectivity index (χ1n) is 5.40. The molecule has 19 heavy (non-hydrogen) atoms. The predicted molar refractivity (Wildman–Crippen MR) is 66.7 cm³/mol. The van der Waals surface area contributed by atoms with Crippen molar-refractivity contribution in [1.29, 1.82) is 0 Å². The van der Waals surface area contributed by atoms with Gasteiger partial charge in [0.25, 0.3) is 0 Å². The fourth-order valence-corrected chi connectivity index (χ4v) is 2.35. The number of halogens is 4. The van der Waals surface area contributed by atoms with Crippen molar-refractivity contribution in [2.75, 3.05) is 12.3 Å². The average molecular weight is 293 g/mol. The monoisotopic (exact) mass is 293 g/mol. The van der Waals surface area contributed by atoms with Crippen LogP contribution in [0, 0.1) is 0 Å². The summed E-state index contributed by atoms with van der Waals surface area (Å²) >= 11 is 1.28. The Labute approximate surface area is 110 Å². The molecular weight excluding hydrogens is 282 g/mol. The highest BCUT2D eigenvalue weighted by molar-refractivity contribution is 7.22. The third-order valence-corrected chi connectivity index (χ3v) is 3.33. The minimum Gasteiger partial charge on any atom is -0.375 e. The van der Waals surface area contributed by atoms with Crippen LogP contribution < -0.4 is 11.1 Å². The highest BCUT2D eigenvalue weighted by atomic mass is 32.1. The Hall–Kier alpha value is -1.41. The summed E-state index contributed by atoms with van der Waals surface area (Å²) in [5.41, 5.74) is 6.98. The van der Waals surface area contributed by atoms with Crippen LogP contribution in [0.2, 0.25) is 0 Å². The lowest BCUT2D eigenvalue weighted by Crippen LogP contribution is -2.38. The minimum atomic E-state index is -4.01. The number of aromatic nitrogens is 1. The van der Waals surface area contributed by atoms with Gasteiger partial charge in [0.2, 0.25) is 0 Å². The highest BCUT2D eigenvalue weighted by Crippen LogP contribution is 2.25. The number of nitrogens with zero attached hydrogens (tertiary/aromatic N) is 1.